The smallest absolute Gasteiger partial charge is 0.124 e. The largest absolute Gasteiger partial charge is 0.744 e. The van der Waals surface area contributed by atoms with Crippen LogP contribution < -0.4 is 4.90 Å². The Morgan fingerprint density at radius 2 is 1.11 bits per heavy atom. The minimum absolute atomic E-state index is 0.178. The van der Waals surface area contributed by atoms with E-state index in [2.05, 4.69) is 20.8 Å². The Balaban J connectivity index is 0.000000533. The normalized spacial score (nSPS) is 11.3. The topological polar surface area (TPSA) is 61.6 Å². The monoisotopic (exact) mass is 399 g/mol. The lowest BCUT2D eigenvalue weighted by Crippen LogP contribution is -3.12. The van der Waals surface area contributed by atoms with Crippen LogP contribution >= 0.6 is 0 Å². The van der Waals surface area contributed by atoms with Gasteiger partial charge in [-0.15, -0.1) is 0 Å². The van der Waals surface area contributed by atoms with Gasteiger partial charge in [-0.2, -0.15) is 0 Å². The van der Waals surface area contributed by atoms with E-state index in [-0.39, 0.29) is 4.90 Å². The molecule has 0 saturated heterocycles. The van der Waals surface area contributed by atoms with Crippen LogP contribution in [0, 0.1) is 6.92 Å². The summed E-state index contributed by atoms with van der Waals surface area (Å²) in [7, 11) is -4.27. The summed E-state index contributed by atoms with van der Waals surface area (Å²) in [5.41, 5.74) is 0.928. The van der Waals surface area contributed by atoms with E-state index in [4.69, 9.17) is 0 Å². The molecular formula is C22H41NO3S. The second kappa shape index (κ2) is 16.1. The SMILES string of the molecule is CCCCC[NH+](CCCCC)CCCCC.Cc1ccc(S(=O)(=O)[O-])cc1. The molecule has 0 atom stereocenters. The molecule has 27 heavy (non-hydrogen) atoms. The van der Waals surface area contributed by atoms with Crippen LogP contribution in [0.1, 0.15) is 84.1 Å². The molecule has 1 aromatic rings. The number of aryl methyl sites for hydroxylation is 1. The Kier molecular flexibility index (Phi) is 15.5. The average molecular weight is 400 g/mol. The van der Waals surface area contributed by atoms with Gasteiger partial charge in [0, 0.05) is 0 Å². The maximum absolute atomic E-state index is 10.4. The third-order valence-electron chi connectivity index (χ3n) is 4.71. The quantitative estimate of drug-likeness (QED) is 0.396. The second-order valence-electron chi connectivity index (χ2n) is 7.39. The fraction of sp³-hybridized carbons (Fsp3) is 0.727. The fourth-order valence-corrected chi connectivity index (χ4v) is 3.42. The van der Waals surface area contributed by atoms with Gasteiger partial charge in [0.25, 0.3) is 0 Å². The van der Waals surface area contributed by atoms with Gasteiger partial charge >= 0.3 is 0 Å². The first-order chi connectivity index (χ1) is 12.8. The molecule has 0 radical (unpaired) electrons. The number of nitrogens with one attached hydrogen (secondary N) is 1. The van der Waals surface area contributed by atoms with Gasteiger partial charge in [0.1, 0.15) is 10.1 Å². The van der Waals surface area contributed by atoms with Crippen molar-refractivity contribution in [3.05, 3.63) is 29.8 Å². The zero-order chi connectivity index (χ0) is 20.5. The van der Waals surface area contributed by atoms with Gasteiger partial charge in [-0.3, -0.25) is 0 Å². The van der Waals surface area contributed by atoms with E-state index in [0.717, 1.165) is 5.56 Å². The van der Waals surface area contributed by atoms with E-state index in [1.807, 2.05) is 11.8 Å². The highest BCUT2D eigenvalue weighted by atomic mass is 32.2. The van der Waals surface area contributed by atoms with Gasteiger partial charge in [0.05, 0.1) is 24.5 Å². The highest BCUT2D eigenvalue weighted by Gasteiger charge is 2.06. The molecule has 0 aromatic heterocycles. The van der Waals surface area contributed by atoms with Crippen molar-refractivity contribution in [2.75, 3.05) is 19.6 Å². The summed E-state index contributed by atoms with van der Waals surface area (Å²) >= 11 is 0. The number of hydrogen-bond donors (Lipinski definition) is 1. The van der Waals surface area contributed by atoms with Crippen molar-refractivity contribution in [1.29, 1.82) is 0 Å². The molecular weight excluding hydrogens is 358 g/mol. The first-order valence-corrected chi connectivity index (χ1v) is 12.1. The van der Waals surface area contributed by atoms with Gasteiger partial charge in [0.2, 0.25) is 0 Å². The van der Waals surface area contributed by atoms with Gasteiger partial charge < -0.3 is 9.45 Å². The molecule has 0 aliphatic heterocycles. The predicted molar refractivity (Wildman–Crippen MR) is 113 cm³/mol. The molecule has 0 fully saturated rings. The molecule has 0 unspecified atom stereocenters. The number of hydrogen-bond acceptors (Lipinski definition) is 3. The van der Waals surface area contributed by atoms with Crippen LogP contribution in [0.2, 0.25) is 0 Å². The van der Waals surface area contributed by atoms with Crippen molar-refractivity contribution in [3.8, 4) is 0 Å². The first-order valence-electron chi connectivity index (χ1n) is 10.7. The molecule has 1 rings (SSSR count). The molecule has 0 amide bonds. The molecule has 0 saturated carbocycles. The molecule has 158 valence electrons. The molecule has 5 heteroatoms. The Hall–Kier alpha value is -0.910. The molecule has 0 bridgehead atoms. The summed E-state index contributed by atoms with van der Waals surface area (Å²) in [4.78, 5) is 1.69. The van der Waals surface area contributed by atoms with E-state index in [9.17, 15) is 13.0 Å². The number of unbranched alkanes of at least 4 members (excludes halogenated alkanes) is 6. The summed E-state index contributed by atoms with van der Waals surface area (Å²) in [6.45, 7) is 13.0. The Morgan fingerprint density at radius 3 is 1.41 bits per heavy atom. The molecule has 0 spiro atoms. The van der Waals surface area contributed by atoms with Gasteiger partial charge in [0.15, 0.2) is 0 Å². The van der Waals surface area contributed by atoms with Crippen LogP contribution in [-0.2, 0) is 10.1 Å². The molecule has 0 heterocycles. The molecule has 0 aliphatic carbocycles. The van der Waals surface area contributed by atoms with E-state index in [1.165, 1.54) is 89.6 Å². The maximum atomic E-state index is 10.4. The van der Waals surface area contributed by atoms with Crippen LogP contribution in [0.4, 0.5) is 0 Å². The molecule has 0 aliphatic rings. The Bertz CT molecular complexity index is 532. The summed E-state index contributed by atoms with van der Waals surface area (Å²) in [5, 5.41) is 0. The lowest BCUT2D eigenvalue weighted by Gasteiger charge is -2.19. The maximum Gasteiger partial charge on any atom is 0.124 e. The third-order valence-corrected chi connectivity index (χ3v) is 5.56. The lowest BCUT2D eigenvalue weighted by atomic mass is 10.2. The van der Waals surface area contributed by atoms with E-state index in [0.29, 0.717) is 0 Å². The van der Waals surface area contributed by atoms with E-state index in [1.54, 1.807) is 12.1 Å². The Labute approximate surface area is 168 Å². The minimum Gasteiger partial charge on any atom is -0.744 e. The van der Waals surface area contributed by atoms with E-state index < -0.39 is 10.1 Å². The summed E-state index contributed by atoms with van der Waals surface area (Å²) in [6.07, 6.45) is 12.6. The first kappa shape index (κ1) is 26.1. The van der Waals surface area contributed by atoms with Crippen molar-refractivity contribution < 1.29 is 17.9 Å². The van der Waals surface area contributed by atoms with Gasteiger partial charge in [-0.25, -0.2) is 8.42 Å². The number of rotatable bonds is 13. The van der Waals surface area contributed by atoms with Gasteiger partial charge in [-0.05, 0) is 57.6 Å². The van der Waals surface area contributed by atoms with Crippen molar-refractivity contribution in [1.82, 2.24) is 0 Å². The molecule has 1 N–H and O–H groups in total. The lowest BCUT2D eigenvalue weighted by molar-refractivity contribution is -0.900. The molecule has 4 nitrogen and oxygen atoms in total. The number of quaternary nitrogens is 1. The van der Waals surface area contributed by atoms with Crippen molar-refractivity contribution >= 4 is 10.1 Å². The van der Waals surface area contributed by atoms with Crippen LogP contribution in [0.5, 0.6) is 0 Å². The van der Waals surface area contributed by atoms with Gasteiger partial charge in [-0.1, -0.05) is 57.7 Å². The third kappa shape index (κ3) is 14.8. The zero-order valence-electron chi connectivity index (χ0n) is 17.9. The van der Waals surface area contributed by atoms with Crippen molar-refractivity contribution in [2.24, 2.45) is 0 Å². The zero-order valence-corrected chi connectivity index (χ0v) is 18.7. The number of benzene rings is 1. The fourth-order valence-electron chi connectivity index (χ4n) is 2.95. The standard InChI is InChI=1S/C15H33N.C7H8O3S/c1-4-7-10-13-16(14-11-8-5-2)15-12-9-6-3;1-6-2-4-7(5-3-6)11(8,9)10/h4-15H2,1-3H3;2-5H,1H3,(H,8,9,10). The highest BCUT2D eigenvalue weighted by Crippen LogP contribution is 2.08. The minimum atomic E-state index is -4.27. The summed E-state index contributed by atoms with van der Waals surface area (Å²) in [5.74, 6) is 0. The molecule has 1 aromatic carbocycles. The van der Waals surface area contributed by atoms with Crippen LogP contribution in [0.15, 0.2) is 29.2 Å². The van der Waals surface area contributed by atoms with Crippen molar-refractivity contribution in [2.45, 2.75) is 90.4 Å². The predicted octanol–water partition coefficient (Wildman–Crippen LogP) is 4.34. The second-order valence-corrected chi connectivity index (χ2v) is 8.77. The summed E-state index contributed by atoms with van der Waals surface area (Å²) in [6, 6.07) is 5.78. The van der Waals surface area contributed by atoms with E-state index >= 15 is 0 Å². The van der Waals surface area contributed by atoms with Crippen LogP contribution in [-0.4, -0.2) is 32.6 Å². The summed E-state index contributed by atoms with van der Waals surface area (Å²) < 4.78 is 31.2. The highest BCUT2D eigenvalue weighted by molar-refractivity contribution is 7.85. The van der Waals surface area contributed by atoms with Crippen LogP contribution in [0.3, 0.4) is 0 Å². The Morgan fingerprint density at radius 1 is 0.741 bits per heavy atom. The van der Waals surface area contributed by atoms with Crippen molar-refractivity contribution in [3.63, 3.8) is 0 Å². The average Bonchev–Trinajstić information content (AvgIpc) is 2.62. The van der Waals surface area contributed by atoms with Crippen LogP contribution in [0.25, 0.3) is 0 Å².